The summed E-state index contributed by atoms with van der Waals surface area (Å²) in [6.45, 7) is 3.96. The van der Waals surface area contributed by atoms with Crippen LogP contribution in [0.3, 0.4) is 0 Å². The second-order valence-corrected chi connectivity index (χ2v) is 7.46. The van der Waals surface area contributed by atoms with Crippen LogP contribution in [0.25, 0.3) is 0 Å². The zero-order valence-electron chi connectivity index (χ0n) is 11.5. The molecule has 0 aliphatic rings. The predicted molar refractivity (Wildman–Crippen MR) is 88.7 cm³/mol. The van der Waals surface area contributed by atoms with Crippen LogP contribution < -0.4 is 0 Å². The van der Waals surface area contributed by atoms with E-state index in [0.717, 1.165) is 19.8 Å². The van der Waals surface area contributed by atoms with Crippen LogP contribution in [0.1, 0.15) is 33.8 Å². The molecule has 0 aliphatic heterocycles. The highest BCUT2D eigenvalue weighted by molar-refractivity contribution is 9.11. The SMILES string of the molecule is Cc1cc(C(=O)N(C)C(C)c2ccccc2Cl)sc1Br. The average molecular weight is 373 g/mol. The van der Waals surface area contributed by atoms with E-state index in [-0.39, 0.29) is 11.9 Å². The first-order chi connectivity index (χ1) is 9.41. The van der Waals surface area contributed by atoms with Crippen molar-refractivity contribution in [3.63, 3.8) is 0 Å². The van der Waals surface area contributed by atoms with Crippen molar-refractivity contribution in [2.45, 2.75) is 19.9 Å². The zero-order valence-corrected chi connectivity index (χ0v) is 14.6. The van der Waals surface area contributed by atoms with Crippen molar-refractivity contribution in [3.8, 4) is 0 Å². The number of thiophene rings is 1. The first-order valence-electron chi connectivity index (χ1n) is 6.19. The molecule has 0 radical (unpaired) electrons. The van der Waals surface area contributed by atoms with Crippen LogP contribution in [0.4, 0.5) is 0 Å². The molecule has 0 saturated heterocycles. The lowest BCUT2D eigenvalue weighted by Gasteiger charge is -2.25. The maximum absolute atomic E-state index is 12.5. The predicted octanol–water partition coefficient (Wildman–Crippen LogP) is 5.31. The molecule has 0 saturated carbocycles. The van der Waals surface area contributed by atoms with E-state index in [2.05, 4.69) is 15.9 Å². The Morgan fingerprint density at radius 2 is 2.05 bits per heavy atom. The summed E-state index contributed by atoms with van der Waals surface area (Å²) in [6, 6.07) is 9.45. The molecule has 106 valence electrons. The maximum atomic E-state index is 12.5. The summed E-state index contributed by atoms with van der Waals surface area (Å²) in [7, 11) is 1.80. The highest BCUT2D eigenvalue weighted by Crippen LogP contribution is 2.31. The fraction of sp³-hybridized carbons (Fsp3) is 0.267. The number of carbonyl (C=O) groups is 1. The maximum Gasteiger partial charge on any atom is 0.264 e. The standard InChI is InChI=1S/C15H15BrClNOS/c1-9-8-13(20-14(9)16)15(19)18(3)10(2)11-6-4-5-7-12(11)17/h4-8,10H,1-3H3. The lowest BCUT2D eigenvalue weighted by atomic mass is 10.1. The van der Waals surface area contributed by atoms with Gasteiger partial charge in [0, 0.05) is 12.1 Å². The smallest absolute Gasteiger partial charge is 0.264 e. The Balaban J connectivity index is 2.24. The second kappa shape index (κ2) is 6.29. The molecule has 1 aromatic carbocycles. The number of aryl methyl sites for hydroxylation is 1. The zero-order chi connectivity index (χ0) is 14.9. The number of hydrogen-bond acceptors (Lipinski definition) is 2. The number of rotatable bonds is 3. The van der Waals surface area contributed by atoms with Gasteiger partial charge in [0.15, 0.2) is 0 Å². The van der Waals surface area contributed by atoms with Crippen molar-refractivity contribution in [2.75, 3.05) is 7.05 Å². The summed E-state index contributed by atoms with van der Waals surface area (Å²) in [6.07, 6.45) is 0. The molecule has 0 aliphatic carbocycles. The van der Waals surface area contributed by atoms with Crippen LogP contribution in [-0.4, -0.2) is 17.9 Å². The fourth-order valence-corrected chi connectivity index (χ4v) is 3.75. The highest BCUT2D eigenvalue weighted by Gasteiger charge is 2.22. The van der Waals surface area contributed by atoms with Crippen LogP contribution in [0, 0.1) is 6.92 Å². The fourth-order valence-electron chi connectivity index (χ4n) is 1.94. The molecular formula is C15H15BrClNOS. The average Bonchev–Trinajstić information content (AvgIpc) is 2.77. The number of nitrogens with zero attached hydrogens (tertiary/aromatic N) is 1. The Morgan fingerprint density at radius 1 is 1.40 bits per heavy atom. The van der Waals surface area contributed by atoms with Crippen LogP contribution in [0.2, 0.25) is 5.02 Å². The summed E-state index contributed by atoms with van der Waals surface area (Å²) in [5, 5.41) is 0.684. The van der Waals surface area contributed by atoms with Gasteiger partial charge in [0.1, 0.15) is 0 Å². The monoisotopic (exact) mass is 371 g/mol. The molecule has 2 nitrogen and oxygen atoms in total. The van der Waals surface area contributed by atoms with Crippen molar-refractivity contribution in [3.05, 3.63) is 55.1 Å². The Kier molecular flexibility index (Phi) is 4.89. The second-order valence-electron chi connectivity index (χ2n) is 4.68. The van der Waals surface area contributed by atoms with Crippen LogP contribution in [0.15, 0.2) is 34.1 Å². The van der Waals surface area contributed by atoms with Crippen molar-refractivity contribution in [1.82, 2.24) is 4.90 Å². The van der Waals surface area contributed by atoms with Gasteiger partial charge in [-0.2, -0.15) is 0 Å². The third-order valence-corrected chi connectivity index (χ3v) is 5.79. The number of benzene rings is 1. The molecule has 0 spiro atoms. The van der Waals surface area contributed by atoms with Gasteiger partial charge in [-0.05, 0) is 53.0 Å². The molecule has 2 aromatic rings. The quantitative estimate of drug-likeness (QED) is 0.715. The molecule has 1 aromatic heterocycles. The Hall–Kier alpha value is -0.840. The molecule has 20 heavy (non-hydrogen) atoms. The number of halogens is 2. The Bertz CT molecular complexity index is 621. The van der Waals surface area contributed by atoms with Crippen LogP contribution in [-0.2, 0) is 0 Å². The summed E-state index contributed by atoms with van der Waals surface area (Å²) in [4.78, 5) is 15.0. The van der Waals surface area contributed by atoms with Gasteiger partial charge in [-0.1, -0.05) is 29.8 Å². The first kappa shape index (κ1) is 15.5. The van der Waals surface area contributed by atoms with E-state index in [1.165, 1.54) is 11.3 Å². The van der Waals surface area contributed by atoms with Gasteiger partial charge in [0.25, 0.3) is 5.91 Å². The summed E-state index contributed by atoms with van der Waals surface area (Å²) in [5.74, 6) is 0.0104. The third-order valence-electron chi connectivity index (χ3n) is 3.32. The lowest BCUT2D eigenvalue weighted by molar-refractivity contribution is 0.0747. The summed E-state index contributed by atoms with van der Waals surface area (Å²) >= 11 is 11.1. The van der Waals surface area contributed by atoms with E-state index < -0.39 is 0 Å². The van der Waals surface area contributed by atoms with Crippen LogP contribution in [0.5, 0.6) is 0 Å². The topological polar surface area (TPSA) is 20.3 Å². The summed E-state index contributed by atoms with van der Waals surface area (Å²) in [5.41, 5.74) is 2.04. The third kappa shape index (κ3) is 3.08. The molecule has 5 heteroatoms. The van der Waals surface area contributed by atoms with Gasteiger partial charge in [-0.15, -0.1) is 11.3 Å². The van der Waals surface area contributed by atoms with Crippen molar-refractivity contribution in [2.24, 2.45) is 0 Å². The van der Waals surface area contributed by atoms with Crippen molar-refractivity contribution < 1.29 is 4.79 Å². The highest BCUT2D eigenvalue weighted by atomic mass is 79.9. The van der Waals surface area contributed by atoms with Crippen molar-refractivity contribution in [1.29, 1.82) is 0 Å². The largest absolute Gasteiger partial charge is 0.334 e. The van der Waals surface area contributed by atoms with Gasteiger partial charge in [-0.25, -0.2) is 0 Å². The van der Waals surface area contributed by atoms with E-state index in [9.17, 15) is 4.79 Å². The van der Waals surface area contributed by atoms with E-state index in [0.29, 0.717) is 5.02 Å². The molecule has 1 unspecified atom stereocenters. The molecule has 1 heterocycles. The van der Waals surface area contributed by atoms with Gasteiger partial charge in [-0.3, -0.25) is 4.79 Å². The molecule has 0 N–H and O–H groups in total. The van der Waals surface area contributed by atoms with Gasteiger partial charge in [0.05, 0.1) is 14.7 Å². The number of amides is 1. The van der Waals surface area contributed by atoms with Gasteiger partial charge < -0.3 is 4.90 Å². The number of hydrogen-bond donors (Lipinski definition) is 0. The Labute approximate surface area is 136 Å². The molecular weight excluding hydrogens is 358 g/mol. The summed E-state index contributed by atoms with van der Waals surface area (Å²) < 4.78 is 1.000. The lowest BCUT2D eigenvalue weighted by Crippen LogP contribution is -2.29. The molecule has 0 bridgehead atoms. The van der Waals surface area contributed by atoms with Gasteiger partial charge in [0.2, 0.25) is 0 Å². The first-order valence-corrected chi connectivity index (χ1v) is 8.18. The minimum absolute atomic E-state index is 0.0104. The minimum atomic E-state index is -0.0719. The van der Waals surface area contributed by atoms with E-state index >= 15 is 0 Å². The molecule has 1 atom stereocenters. The van der Waals surface area contributed by atoms with Gasteiger partial charge >= 0.3 is 0 Å². The normalized spacial score (nSPS) is 12.2. The van der Waals surface area contributed by atoms with E-state index in [4.69, 9.17) is 11.6 Å². The molecule has 2 rings (SSSR count). The molecule has 0 fully saturated rings. The molecule has 1 amide bonds. The van der Waals surface area contributed by atoms with Crippen molar-refractivity contribution >= 4 is 44.8 Å². The Morgan fingerprint density at radius 3 is 2.60 bits per heavy atom. The van der Waals surface area contributed by atoms with E-state index in [1.54, 1.807) is 11.9 Å². The van der Waals surface area contributed by atoms with Crippen LogP contribution >= 0.6 is 38.9 Å². The number of carbonyl (C=O) groups excluding carboxylic acids is 1. The van der Waals surface area contributed by atoms with E-state index in [1.807, 2.05) is 44.2 Å². The minimum Gasteiger partial charge on any atom is -0.334 e.